The maximum atomic E-state index is 4.50. The molecule has 0 bridgehead atoms. The summed E-state index contributed by atoms with van der Waals surface area (Å²) in [7, 11) is 0. The van der Waals surface area contributed by atoms with E-state index in [9.17, 15) is 0 Å². The van der Waals surface area contributed by atoms with Gasteiger partial charge in [0.05, 0.1) is 0 Å². The van der Waals surface area contributed by atoms with Crippen LogP contribution >= 0.6 is 0 Å². The molecule has 0 spiro atoms. The molecule has 1 saturated carbocycles. The molecule has 2 heterocycles. The zero-order valence-corrected chi connectivity index (χ0v) is 12.0. The Bertz CT molecular complexity index is 309. The number of guanidine groups is 1. The Balaban J connectivity index is 1.49. The van der Waals surface area contributed by atoms with E-state index in [4.69, 9.17) is 0 Å². The van der Waals surface area contributed by atoms with E-state index in [1.165, 1.54) is 57.9 Å². The van der Waals surface area contributed by atoms with Gasteiger partial charge in [0.15, 0.2) is 5.96 Å². The molecule has 108 valence electrons. The van der Waals surface area contributed by atoms with E-state index in [1.54, 1.807) is 0 Å². The summed E-state index contributed by atoms with van der Waals surface area (Å²) in [4.78, 5) is 7.29. The summed E-state index contributed by atoms with van der Waals surface area (Å²) in [6.07, 6.45) is 11.1. The van der Waals surface area contributed by atoms with Crippen molar-refractivity contribution in [2.75, 3.05) is 26.2 Å². The minimum absolute atomic E-state index is 0.731. The summed E-state index contributed by atoms with van der Waals surface area (Å²) in [5.74, 6) is 1.03. The molecule has 3 aliphatic rings. The van der Waals surface area contributed by atoms with Crippen molar-refractivity contribution in [2.24, 2.45) is 4.99 Å². The molecule has 1 unspecified atom stereocenters. The monoisotopic (exact) mass is 264 g/mol. The lowest BCUT2D eigenvalue weighted by Gasteiger charge is -2.36. The van der Waals surface area contributed by atoms with E-state index in [0.29, 0.717) is 0 Å². The Kier molecular flexibility index (Phi) is 4.59. The summed E-state index contributed by atoms with van der Waals surface area (Å²) >= 11 is 0. The first-order valence-electron chi connectivity index (χ1n) is 8.21. The van der Waals surface area contributed by atoms with Crippen LogP contribution < -0.4 is 10.6 Å². The van der Waals surface area contributed by atoms with Crippen LogP contribution in [0.4, 0.5) is 0 Å². The number of hydrogen-bond donors (Lipinski definition) is 2. The van der Waals surface area contributed by atoms with Gasteiger partial charge in [0.2, 0.25) is 0 Å². The summed E-state index contributed by atoms with van der Waals surface area (Å²) in [5.41, 5.74) is 0. The molecule has 3 rings (SSSR count). The molecule has 19 heavy (non-hydrogen) atoms. The van der Waals surface area contributed by atoms with Gasteiger partial charge in [-0.05, 0) is 38.6 Å². The van der Waals surface area contributed by atoms with Crippen LogP contribution in [0.25, 0.3) is 0 Å². The first-order valence-corrected chi connectivity index (χ1v) is 8.21. The molecule has 2 fully saturated rings. The Morgan fingerprint density at radius 1 is 1.11 bits per heavy atom. The average molecular weight is 264 g/mol. The molecule has 1 atom stereocenters. The molecule has 2 N–H and O–H groups in total. The zero-order chi connectivity index (χ0) is 12.9. The molecule has 0 aromatic carbocycles. The van der Waals surface area contributed by atoms with Gasteiger partial charge in [0.25, 0.3) is 0 Å². The quantitative estimate of drug-likeness (QED) is 0.815. The van der Waals surface area contributed by atoms with Gasteiger partial charge >= 0.3 is 0 Å². The van der Waals surface area contributed by atoms with E-state index in [1.807, 2.05) is 0 Å². The number of rotatable bonds is 3. The van der Waals surface area contributed by atoms with Crippen molar-refractivity contribution in [3.05, 3.63) is 0 Å². The highest BCUT2D eigenvalue weighted by atomic mass is 15.2. The second-order valence-corrected chi connectivity index (χ2v) is 6.22. The number of nitrogens with one attached hydrogen (secondary N) is 2. The van der Waals surface area contributed by atoms with Gasteiger partial charge in [-0.2, -0.15) is 0 Å². The van der Waals surface area contributed by atoms with Gasteiger partial charge in [-0.1, -0.05) is 19.3 Å². The normalized spacial score (nSPS) is 29.9. The van der Waals surface area contributed by atoms with Crippen molar-refractivity contribution in [2.45, 2.75) is 63.5 Å². The summed E-state index contributed by atoms with van der Waals surface area (Å²) in [5, 5.41) is 6.89. The second kappa shape index (κ2) is 6.60. The Morgan fingerprint density at radius 2 is 2.00 bits per heavy atom. The number of likely N-dealkylation sites (tertiary alicyclic amines) is 1. The van der Waals surface area contributed by atoms with Crippen molar-refractivity contribution >= 4 is 5.96 Å². The summed E-state index contributed by atoms with van der Waals surface area (Å²) in [6, 6.07) is 1.60. The standard InChI is InChI=1S/C15H28N4/c1-2-6-13(7-3-1)19-11-4-8-14(19)12-18-15-16-9-5-10-17-15/h13-14H,1-12H2,(H2,16,17,18). The molecule has 4 nitrogen and oxygen atoms in total. The summed E-state index contributed by atoms with van der Waals surface area (Å²) < 4.78 is 0. The molecule has 2 aliphatic heterocycles. The zero-order valence-electron chi connectivity index (χ0n) is 12.0. The van der Waals surface area contributed by atoms with E-state index in [0.717, 1.165) is 37.7 Å². The third-order valence-electron chi connectivity index (χ3n) is 4.87. The van der Waals surface area contributed by atoms with Crippen molar-refractivity contribution in [3.8, 4) is 0 Å². The number of hydrogen-bond acceptors (Lipinski definition) is 4. The van der Waals surface area contributed by atoms with Gasteiger partial charge in [0.1, 0.15) is 0 Å². The predicted molar refractivity (Wildman–Crippen MR) is 79.5 cm³/mol. The molecule has 0 amide bonds. The van der Waals surface area contributed by atoms with Crippen LogP contribution in [-0.2, 0) is 0 Å². The molecule has 1 saturated heterocycles. The van der Waals surface area contributed by atoms with Crippen molar-refractivity contribution < 1.29 is 0 Å². The Labute approximate surface area is 117 Å². The molecular weight excluding hydrogens is 236 g/mol. The van der Waals surface area contributed by atoms with Crippen LogP contribution in [0, 0.1) is 0 Å². The number of aliphatic imine (C=N–C) groups is 1. The third-order valence-corrected chi connectivity index (χ3v) is 4.87. The maximum Gasteiger partial charge on any atom is 0.191 e. The predicted octanol–water partition coefficient (Wildman–Crippen LogP) is 1.72. The molecule has 0 radical (unpaired) electrons. The van der Waals surface area contributed by atoms with Crippen LogP contribution in [0.1, 0.15) is 51.4 Å². The van der Waals surface area contributed by atoms with Gasteiger partial charge in [0, 0.05) is 31.7 Å². The van der Waals surface area contributed by atoms with E-state index < -0.39 is 0 Å². The van der Waals surface area contributed by atoms with Crippen molar-refractivity contribution in [1.29, 1.82) is 0 Å². The Morgan fingerprint density at radius 3 is 2.79 bits per heavy atom. The molecular formula is C15H28N4. The van der Waals surface area contributed by atoms with E-state index >= 15 is 0 Å². The van der Waals surface area contributed by atoms with E-state index in [-0.39, 0.29) is 0 Å². The highest BCUT2D eigenvalue weighted by Gasteiger charge is 2.31. The second-order valence-electron chi connectivity index (χ2n) is 6.22. The lowest BCUT2D eigenvalue weighted by atomic mass is 9.94. The molecule has 4 heteroatoms. The molecule has 0 aromatic heterocycles. The SMILES string of the molecule is C1CCC(N2CCCC2CNC2=NCCCN2)CC1. The van der Waals surface area contributed by atoms with Gasteiger partial charge < -0.3 is 10.6 Å². The minimum Gasteiger partial charge on any atom is -0.356 e. The van der Waals surface area contributed by atoms with Crippen LogP contribution in [0.5, 0.6) is 0 Å². The first-order chi connectivity index (χ1) is 9.43. The molecule has 0 aromatic rings. The highest BCUT2D eigenvalue weighted by Crippen LogP contribution is 2.28. The fraction of sp³-hybridized carbons (Fsp3) is 0.933. The topological polar surface area (TPSA) is 39.7 Å². The largest absolute Gasteiger partial charge is 0.356 e. The first kappa shape index (κ1) is 13.2. The van der Waals surface area contributed by atoms with Gasteiger partial charge in [-0.15, -0.1) is 0 Å². The summed E-state index contributed by atoms with van der Waals surface area (Å²) in [6.45, 7) is 4.44. The third kappa shape index (κ3) is 3.41. The average Bonchev–Trinajstić information content (AvgIpc) is 2.95. The fourth-order valence-electron chi connectivity index (χ4n) is 3.84. The smallest absolute Gasteiger partial charge is 0.191 e. The lowest BCUT2D eigenvalue weighted by molar-refractivity contribution is 0.143. The van der Waals surface area contributed by atoms with Crippen LogP contribution in [0.15, 0.2) is 4.99 Å². The maximum absolute atomic E-state index is 4.50. The lowest BCUT2D eigenvalue weighted by Crippen LogP contribution is -2.49. The van der Waals surface area contributed by atoms with Crippen molar-refractivity contribution in [1.82, 2.24) is 15.5 Å². The molecule has 1 aliphatic carbocycles. The van der Waals surface area contributed by atoms with Crippen LogP contribution in [0.3, 0.4) is 0 Å². The van der Waals surface area contributed by atoms with Crippen LogP contribution in [0.2, 0.25) is 0 Å². The van der Waals surface area contributed by atoms with Crippen LogP contribution in [-0.4, -0.2) is 49.1 Å². The number of nitrogens with zero attached hydrogens (tertiary/aromatic N) is 2. The highest BCUT2D eigenvalue weighted by molar-refractivity contribution is 5.80. The Hall–Kier alpha value is -0.770. The van der Waals surface area contributed by atoms with Gasteiger partial charge in [-0.25, -0.2) is 0 Å². The minimum atomic E-state index is 0.731. The van der Waals surface area contributed by atoms with E-state index in [2.05, 4.69) is 20.5 Å². The van der Waals surface area contributed by atoms with Crippen molar-refractivity contribution in [3.63, 3.8) is 0 Å². The van der Waals surface area contributed by atoms with Gasteiger partial charge in [-0.3, -0.25) is 9.89 Å². The fourth-order valence-corrected chi connectivity index (χ4v) is 3.84.